The van der Waals surface area contributed by atoms with Gasteiger partial charge in [0.2, 0.25) is 5.91 Å². The summed E-state index contributed by atoms with van der Waals surface area (Å²) in [5, 5.41) is 13.2. The van der Waals surface area contributed by atoms with Crippen molar-refractivity contribution >= 4 is 40.7 Å². The standard InChI is InChI=1S/C14H14N2O3S2/c1-9-2-4-10(5-3-9)15-12(17)8-21-14-16-11(7-20-14)6-13(18)19/h2-5,7H,6,8H2,1H3,(H,15,17)(H,18,19). The van der Waals surface area contributed by atoms with Crippen molar-refractivity contribution in [2.75, 3.05) is 11.1 Å². The highest BCUT2D eigenvalue weighted by atomic mass is 32.2. The molecule has 1 amide bonds. The lowest BCUT2D eigenvalue weighted by molar-refractivity contribution is -0.136. The van der Waals surface area contributed by atoms with Gasteiger partial charge in [-0.05, 0) is 19.1 Å². The van der Waals surface area contributed by atoms with Gasteiger partial charge in [0.25, 0.3) is 0 Å². The number of benzene rings is 1. The summed E-state index contributed by atoms with van der Waals surface area (Å²) in [6.07, 6.45) is -0.0907. The number of nitrogens with zero attached hydrogens (tertiary/aromatic N) is 1. The largest absolute Gasteiger partial charge is 0.481 e. The molecule has 0 saturated heterocycles. The number of carboxylic acids is 1. The molecule has 1 heterocycles. The Balaban J connectivity index is 1.82. The third-order valence-electron chi connectivity index (χ3n) is 2.53. The number of aryl methyl sites for hydroxylation is 1. The highest BCUT2D eigenvalue weighted by molar-refractivity contribution is 8.01. The van der Waals surface area contributed by atoms with Crippen molar-refractivity contribution in [3.05, 3.63) is 40.9 Å². The number of nitrogens with one attached hydrogen (secondary N) is 1. The molecule has 0 unspecified atom stereocenters. The Labute approximate surface area is 130 Å². The van der Waals surface area contributed by atoms with Crippen LogP contribution in [0.4, 0.5) is 5.69 Å². The first-order valence-corrected chi connectivity index (χ1v) is 8.05. The van der Waals surface area contributed by atoms with Gasteiger partial charge in [-0.1, -0.05) is 29.5 Å². The third-order valence-corrected chi connectivity index (χ3v) is 4.59. The van der Waals surface area contributed by atoms with Crippen LogP contribution in [0.1, 0.15) is 11.3 Å². The SMILES string of the molecule is Cc1ccc(NC(=O)CSc2nc(CC(=O)O)cs2)cc1. The fourth-order valence-electron chi connectivity index (χ4n) is 1.55. The van der Waals surface area contributed by atoms with Crippen molar-refractivity contribution in [3.63, 3.8) is 0 Å². The number of aliphatic carboxylic acids is 1. The molecule has 0 saturated carbocycles. The fraction of sp³-hybridized carbons (Fsp3) is 0.214. The van der Waals surface area contributed by atoms with Crippen LogP contribution in [0.15, 0.2) is 34.0 Å². The van der Waals surface area contributed by atoms with Crippen molar-refractivity contribution in [2.24, 2.45) is 0 Å². The van der Waals surface area contributed by atoms with E-state index in [2.05, 4.69) is 10.3 Å². The van der Waals surface area contributed by atoms with E-state index in [-0.39, 0.29) is 18.1 Å². The number of carbonyl (C=O) groups is 2. The molecule has 5 nitrogen and oxygen atoms in total. The van der Waals surface area contributed by atoms with Crippen LogP contribution in [0.2, 0.25) is 0 Å². The van der Waals surface area contributed by atoms with E-state index in [1.807, 2.05) is 31.2 Å². The van der Waals surface area contributed by atoms with Crippen molar-refractivity contribution < 1.29 is 14.7 Å². The van der Waals surface area contributed by atoms with Gasteiger partial charge in [0.05, 0.1) is 17.9 Å². The number of rotatable bonds is 6. The summed E-state index contributed by atoms with van der Waals surface area (Å²) in [7, 11) is 0. The minimum absolute atomic E-state index is 0.0907. The Kier molecular flexibility index (Phi) is 5.35. The molecule has 0 aliphatic carbocycles. The van der Waals surface area contributed by atoms with Crippen LogP contribution >= 0.6 is 23.1 Å². The average Bonchev–Trinajstić information content (AvgIpc) is 2.86. The zero-order valence-electron chi connectivity index (χ0n) is 11.3. The highest BCUT2D eigenvalue weighted by Gasteiger charge is 2.09. The van der Waals surface area contributed by atoms with E-state index in [1.165, 1.54) is 23.1 Å². The molecule has 0 aliphatic heterocycles. The van der Waals surface area contributed by atoms with Crippen LogP contribution in [-0.4, -0.2) is 27.7 Å². The smallest absolute Gasteiger partial charge is 0.309 e. The number of thioether (sulfide) groups is 1. The van der Waals surface area contributed by atoms with Gasteiger partial charge < -0.3 is 10.4 Å². The van der Waals surface area contributed by atoms with E-state index in [9.17, 15) is 9.59 Å². The summed E-state index contributed by atoms with van der Waals surface area (Å²) in [6.45, 7) is 1.98. The Morgan fingerprint density at radius 1 is 1.33 bits per heavy atom. The van der Waals surface area contributed by atoms with Crippen LogP contribution in [0.3, 0.4) is 0 Å². The number of hydrogen-bond acceptors (Lipinski definition) is 5. The molecule has 0 fully saturated rings. The molecule has 1 aromatic heterocycles. The number of amides is 1. The monoisotopic (exact) mass is 322 g/mol. The number of anilines is 1. The predicted octanol–water partition coefficient (Wildman–Crippen LogP) is 2.81. The molecule has 0 bridgehead atoms. The third kappa shape index (κ3) is 5.20. The van der Waals surface area contributed by atoms with E-state index < -0.39 is 5.97 Å². The average molecular weight is 322 g/mol. The van der Waals surface area contributed by atoms with Crippen LogP contribution in [0.25, 0.3) is 0 Å². The maximum Gasteiger partial charge on any atom is 0.309 e. The first-order chi connectivity index (χ1) is 10.0. The van der Waals surface area contributed by atoms with Crippen LogP contribution in [0.5, 0.6) is 0 Å². The van der Waals surface area contributed by atoms with Gasteiger partial charge in [-0.3, -0.25) is 9.59 Å². The molecule has 110 valence electrons. The van der Waals surface area contributed by atoms with Crippen molar-refractivity contribution in [3.8, 4) is 0 Å². The lowest BCUT2D eigenvalue weighted by atomic mass is 10.2. The van der Waals surface area contributed by atoms with Gasteiger partial charge >= 0.3 is 5.97 Å². The van der Waals surface area contributed by atoms with Crippen LogP contribution < -0.4 is 5.32 Å². The van der Waals surface area contributed by atoms with E-state index in [0.29, 0.717) is 10.0 Å². The van der Waals surface area contributed by atoms with Crippen molar-refractivity contribution in [2.45, 2.75) is 17.7 Å². The first kappa shape index (κ1) is 15.5. The van der Waals surface area contributed by atoms with Crippen molar-refractivity contribution in [1.82, 2.24) is 4.98 Å². The molecule has 21 heavy (non-hydrogen) atoms. The van der Waals surface area contributed by atoms with Crippen LogP contribution in [0, 0.1) is 6.92 Å². The van der Waals surface area contributed by atoms with Crippen LogP contribution in [-0.2, 0) is 16.0 Å². The number of carboxylic acid groups (broad SMARTS) is 1. The molecule has 2 aromatic rings. The lowest BCUT2D eigenvalue weighted by Crippen LogP contribution is -2.13. The minimum atomic E-state index is -0.908. The number of hydrogen-bond donors (Lipinski definition) is 2. The molecule has 0 spiro atoms. The molecule has 0 radical (unpaired) electrons. The van der Waals surface area contributed by atoms with Gasteiger partial charge in [-0.25, -0.2) is 4.98 Å². The molecular formula is C14H14N2O3S2. The molecular weight excluding hydrogens is 308 g/mol. The lowest BCUT2D eigenvalue weighted by Gasteiger charge is -2.04. The second-order valence-electron chi connectivity index (χ2n) is 4.38. The number of thiazole rings is 1. The summed E-state index contributed by atoms with van der Waals surface area (Å²) in [4.78, 5) is 26.5. The van der Waals surface area contributed by atoms with E-state index in [1.54, 1.807) is 5.38 Å². The van der Waals surface area contributed by atoms with Gasteiger partial charge in [-0.2, -0.15) is 0 Å². The Morgan fingerprint density at radius 3 is 2.71 bits per heavy atom. The minimum Gasteiger partial charge on any atom is -0.481 e. The Hall–Kier alpha value is -1.86. The summed E-state index contributed by atoms with van der Waals surface area (Å²) < 4.78 is 0.699. The zero-order chi connectivity index (χ0) is 15.2. The van der Waals surface area contributed by atoms with Gasteiger partial charge in [0.15, 0.2) is 4.34 Å². The summed E-state index contributed by atoms with van der Waals surface area (Å²) >= 11 is 2.65. The molecule has 0 aliphatic rings. The molecule has 2 N–H and O–H groups in total. The fourth-order valence-corrected chi connectivity index (χ4v) is 3.20. The second kappa shape index (κ2) is 7.24. The highest BCUT2D eigenvalue weighted by Crippen LogP contribution is 2.23. The Morgan fingerprint density at radius 2 is 2.05 bits per heavy atom. The summed E-state index contributed by atoms with van der Waals surface area (Å²) in [5.41, 5.74) is 2.42. The first-order valence-electron chi connectivity index (χ1n) is 6.18. The molecule has 1 aromatic carbocycles. The number of carbonyl (C=O) groups excluding carboxylic acids is 1. The molecule has 7 heteroatoms. The van der Waals surface area contributed by atoms with E-state index in [0.717, 1.165) is 11.3 Å². The maximum atomic E-state index is 11.8. The van der Waals surface area contributed by atoms with Crippen molar-refractivity contribution in [1.29, 1.82) is 0 Å². The quantitative estimate of drug-likeness (QED) is 0.800. The van der Waals surface area contributed by atoms with E-state index >= 15 is 0 Å². The topological polar surface area (TPSA) is 79.3 Å². The summed E-state index contributed by atoms with van der Waals surface area (Å²) in [6, 6.07) is 7.57. The second-order valence-corrected chi connectivity index (χ2v) is 6.46. The molecule has 0 atom stereocenters. The Bertz CT molecular complexity index is 638. The maximum absolute atomic E-state index is 11.8. The van der Waals surface area contributed by atoms with Gasteiger partial charge in [0.1, 0.15) is 0 Å². The van der Waals surface area contributed by atoms with Gasteiger partial charge in [0, 0.05) is 11.1 Å². The normalized spacial score (nSPS) is 10.3. The predicted molar refractivity (Wildman–Crippen MR) is 84.0 cm³/mol. The number of aromatic nitrogens is 1. The van der Waals surface area contributed by atoms with Gasteiger partial charge in [-0.15, -0.1) is 11.3 Å². The summed E-state index contributed by atoms with van der Waals surface area (Å²) in [5.74, 6) is -0.777. The zero-order valence-corrected chi connectivity index (χ0v) is 13.0. The van der Waals surface area contributed by atoms with E-state index in [4.69, 9.17) is 5.11 Å². The molecule has 2 rings (SSSR count).